The molecule has 0 saturated carbocycles. The van der Waals surface area contributed by atoms with Gasteiger partial charge in [-0.05, 0) is 0 Å². The maximum atomic E-state index is 11.3. The molecule has 0 bridgehead atoms. The molecule has 1 N–H and O–H groups in total. The summed E-state index contributed by atoms with van der Waals surface area (Å²) in [5.74, 6) is -0.0866. The van der Waals surface area contributed by atoms with Gasteiger partial charge in [-0.2, -0.15) is 0 Å². The van der Waals surface area contributed by atoms with E-state index in [2.05, 4.69) is 9.97 Å². The van der Waals surface area contributed by atoms with Crippen molar-refractivity contribution < 1.29 is 4.79 Å². The number of carbonyl (C=O) groups excluding carboxylic acids is 1. The van der Waals surface area contributed by atoms with E-state index in [1.807, 2.05) is 0 Å². The number of hydrogen-bond acceptors (Lipinski definition) is 3. The van der Waals surface area contributed by atoms with Gasteiger partial charge < -0.3 is 4.98 Å². The molecule has 0 aliphatic carbocycles. The zero-order valence-electron chi connectivity index (χ0n) is 7.00. The number of carbonyl (C=O) groups is 1. The second-order valence-corrected chi connectivity index (χ2v) is 2.83. The number of Topliss-reactive ketones (excluding diaryl/α,β-unsaturated/α-hetero) is 1. The monoisotopic (exact) mass is 166 g/mol. The molecule has 4 heteroatoms. The van der Waals surface area contributed by atoms with E-state index in [1.54, 1.807) is 13.8 Å². The Morgan fingerprint density at radius 3 is 2.67 bits per heavy atom. The lowest BCUT2D eigenvalue weighted by Crippen LogP contribution is -2.14. The number of H-pyrrole nitrogens is 1. The van der Waals surface area contributed by atoms with Crippen LogP contribution in [0, 0.1) is 5.92 Å². The summed E-state index contributed by atoms with van der Waals surface area (Å²) in [5.41, 5.74) is 0.0138. The molecule has 0 radical (unpaired) electrons. The van der Waals surface area contributed by atoms with E-state index in [-0.39, 0.29) is 11.7 Å². The van der Waals surface area contributed by atoms with Gasteiger partial charge in [-0.3, -0.25) is 4.79 Å². The van der Waals surface area contributed by atoms with Crippen LogP contribution in [0.2, 0.25) is 0 Å². The van der Waals surface area contributed by atoms with Gasteiger partial charge >= 0.3 is 5.69 Å². The molecule has 0 amide bonds. The molecule has 4 nitrogen and oxygen atoms in total. The molecule has 1 heterocycles. The molecule has 1 aromatic heterocycles. The number of aromatic amines is 1. The van der Waals surface area contributed by atoms with Gasteiger partial charge in [0.2, 0.25) is 0 Å². The number of nitrogens with one attached hydrogen (secondary N) is 1. The Labute approximate surface area is 69.7 Å². The number of rotatable bonds is 2. The molecule has 64 valence electrons. The van der Waals surface area contributed by atoms with Crippen molar-refractivity contribution in [1.82, 2.24) is 9.97 Å². The minimum atomic E-state index is -0.435. The number of aromatic nitrogens is 2. The summed E-state index contributed by atoms with van der Waals surface area (Å²) < 4.78 is 0. The van der Waals surface area contributed by atoms with Crippen molar-refractivity contribution in [2.75, 3.05) is 0 Å². The molecule has 0 spiro atoms. The van der Waals surface area contributed by atoms with Crippen LogP contribution in [0.1, 0.15) is 24.2 Å². The fourth-order valence-electron chi connectivity index (χ4n) is 0.810. The maximum absolute atomic E-state index is 11.3. The Morgan fingerprint density at radius 2 is 2.25 bits per heavy atom. The summed E-state index contributed by atoms with van der Waals surface area (Å²) in [7, 11) is 0. The van der Waals surface area contributed by atoms with E-state index in [0.717, 1.165) is 0 Å². The van der Waals surface area contributed by atoms with Crippen molar-refractivity contribution in [2.45, 2.75) is 13.8 Å². The van der Waals surface area contributed by atoms with Crippen LogP contribution in [-0.2, 0) is 0 Å². The smallest absolute Gasteiger partial charge is 0.312 e. The first-order valence-electron chi connectivity index (χ1n) is 3.70. The molecule has 0 aliphatic heterocycles. The van der Waals surface area contributed by atoms with Gasteiger partial charge in [-0.1, -0.05) is 13.8 Å². The highest BCUT2D eigenvalue weighted by molar-refractivity contribution is 5.96. The summed E-state index contributed by atoms with van der Waals surface area (Å²) in [6, 6.07) is 0. The van der Waals surface area contributed by atoms with E-state index in [9.17, 15) is 9.59 Å². The minimum Gasteiger partial charge on any atom is -0.312 e. The van der Waals surface area contributed by atoms with Crippen molar-refractivity contribution in [3.8, 4) is 0 Å². The molecule has 0 saturated heterocycles. The summed E-state index contributed by atoms with van der Waals surface area (Å²) in [4.78, 5) is 27.6. The number of ketones is 1. The Bertz CT molecular complexity index is 321. The predicted octanol–water partition coefficient (Wildman–Crippen LogP) is 0.609. The summed E-state index contributed by atoms with van der Waals surface area (Å²) in [5, 5.41) is 0. The first kappa shape index (κ1) is 8.64. The SMILES string of the molecule is CC(C)C(=O)c1cnc(=O)[nH]c1. The zero-order valence-corrected chi connectivity index (χ0v) is 7.00. The van der Waals surface area contributed by atoms with Crippen LogP contribution in [0.4, 0.5) is 0 Å². The first-order valence-corrected chi connectivity index (χ1v) is 3.70. The lowest BCUT2D eigenvalue weighted by Gasteiger charge is -2.01. The second-order valence-electron chi connectivity index (χ2n) is 2.83. The van der Waals surface area contributed by atoms with Crippen molar-refractivity contribution in [3.05, 3.63) is 28.4 Å². The van der Waals surface area contributed by atoms with Crippen molar-refractivity contribution in [2.24, 2.45) is 5.92 Å². The highest BCUT2D eigenvalue weighted by atomic mass is 16.1. The third-order valence-corrected chi connectivity index (χ3v) is 1.48. The molecule has 0 unspecified atom stereocenters. The Balaban J connectivity index is 2.98. The number of hydrogen-bond donors (Lipinski definition) is 1. The fourth-order valence-corrected chi connectivity index (χ4v) is 0.810. The Kier molecular flexibility index (Phi) is 2.38. The van der Waals surface area contributed by atoms with Gasteiger partial charge in [0.25, 0.3) is 0 Å². The van der Waals surface area contributed by atoms with Crippen molar-refractivity contribution in [3.63, 3.8) is 0 Å². The molecule has 0 fully saturated rings. The van der Waals surface area contributed by atoms with Gasteiger partial charge in [0.1, 0.15) is 0 Å². The molecule has 12 heavy (non-hydrogen) atoms. The Hall–Kier alpha value is -1.45. The molecule has 1 rings (SSSR count). The van der Waals surface area contributed by atoms with Gasteiger partial charge in [0.15, 0.2) is 5.78 Å². The van der Waals surface area contributed by atoms with Crippen LogP contribution >= 0.6 is 0 Å². The average Bonchev–Trinajstić information content (AvgIpc) is 2.04. The Morgan fingerprint density at radius 1 is 1.58 bits per heavy atom. The lowest BCUT2D eigenvalue weighted by atomic mass is 10.0. The summed E-state index contributed by atoms with van der Waals surface area (Å²) in [6.45, 7) is 3.60. The molecule has 1 aromatic rings. The molecule has 0 atom stereocenters. The highest BCUT2D eigenvalue weighted by Crippen LogP contribution is 2.03. The number of nitrogens with zero attached hydrogens (tertiary/aromatic N) is 1. The molecular formula is C8H10N2O2. The molecule has 0 aromatic carbocycles. The average molecular weight is 166 g/mol. The second kappa shape index (κ2) is 3.30. The normalized spacial score (nSPS) is 10.2. The highest BCUT2D eigenvalue weighted by Gasteiger charge is 2.09. The quantitative estimate of drug-likeness (QED) is 0.654. The summed E-state index contributed by atoms with van der Waals surface area (Å²) in [6.07, 6.45) is 2.68. The lowest BCUT2D eigenvalue weighted by molar-refractivity contribution is 0.0938. The van der Waals surface area contributed by atoms with E-state index in [4.69, 9.17) is 0 Å². The van der Waals surface area contributed by atoms with Crippen LogP contribution in [0.25, 0.3) is 0 Å². The third kappa shape index (κ3) is 1.78. The standard InChI is InChI=1S/C8H10N2O2/c1-5(2)7(11)6-3-9-8(12)10-4-6/h3-5H,1-2H3,(H,9,10,12). The minimum absolute atomic E-state index is 0.0150. The topological polar surface area (TPSA) is 62.8 Å². The van der Waals surface area contributed by atoms with Crippen LogP contribution < -0.4 is 5.69 Å². The van der Waals surface area contributed by atoms with Gasteiger partial charge in [-0.15, -0.1) is 0 Å². The van der Waals surface area contributed by atoms with E-state index in [1.165, 1.54) is 12.4 Å². The summed E-state index contributed by atoms with van der Waals surface area (Å²) >= 11 is 0. The molecular weight excluding hydrogens is 156 g/mol. The maximum Gasteiger partial charge on any atom is 0.344 e. The van der Waals surface area contributed by atoms with Crippen molar-refractivity contribution in [1.29, 1.82) is 0 Å². The van der Waals surface area contributed by atoms with Crippen LogP contribution in [0.5, 0.6) is 0 Å². The van der Waals surface area contributed by atoms with Crippen LogP contribution in [0.15, 0.2) is 17.2 Å². The van der Waals surface area contributed by atoms with E-state index >= 15 is 0 Å². The van der Waals surface area contributed by atoms with Crippen LogP contribution in [0.3, 0.4) is 0 Å². The van der Waals surface area contributed by atoms with E-state index in [0.29, 0.717) is 5.56 Å². The van der Waals surface area contributed by atoms with Crippen LogP contribution in [-0.4, -0.2) is 15.8 Å². The predicted molar refractivity (Wildman–Crippen MR) is 44.0 cm³/mol. The zero-order chi connectivity index (χ0) is 9.14. The third-order valence-electron chi connectivity index (χ3n) is 1.48. The first-order chi connectivity index (χ1) is 5.61. The van der Waals surface area contributed by atoms with Crippen molar-refractivity contribution >= 4 is 5.78 Å². The van der Waals surface area contributed by atoms with Gasteiger partial charge in [0.05, 0.1) is 5.56 Å². The molecule has 0 aliphatic rings. The fraction of sp³-hybridized carbons (Fsp3) is 0.375. The largest absolute Gasteiger partial charge is 0.344 e. The van der Waals surface area contributed by atoms with Gasteiger partial charge in [-0.25, -0.2) is 9.78 Å². The van der Waals surface area contributed by atoms with Gasteiger partial charge in [0, 0.05) is 18.3 Å². The van der Waals surface area contributed by atoms with E-state index < -0.39 is 5.69 Å².